The molecule has 0 bridgehead atoms. The lowest BCUT2D eigenvalue weighted by molar-refractivity contribution is 0.170. The first-order chi connectivity index (χ1) is 7.28. The summed E-state index contributed by atoms with van der Waals surface area (Å²) in [4.78, 5) is 0. The number of terminal acetylenes is 1. The van der Waals surface area contributed by atoms with Crippen LogP contribution in [0.1, 0.15) is 46.5 Å². The highest BCUT2D eigenvalue weighted by Gasteiger charge is 2.40. The Morgan fingerprint density at radius 1 is 1.25 bits per heavy atom. The van der Waals surface area contributed by atoms with Crippen molar-refractivity contribution in [3.05, 3.63) is 0 Å². The standard InChI is InChI=1S/C14H26OSi/c1-7-13(12-10-8-9-11-12)15-16(5,6)14(2,3)4/h1,12-13H,8-11H2,2-6H3/t13-/m1/s1. The number of hydrogen-bond donors (Lipinski definition) is 0. The third-order valence-electron chi connectivity index (χ3n) is 4.22. The molecule has 0 amide bonds. The van der Waals surface area contributed by atoms with E-state index in [0.717, 1.165) is 0 Å². The van der Waals surface area contributed by atoms with Gasteiger partial charge in [-0.15, -0.1) is 6.42 Å². The van der Waals surface area contributed by atoms with Gasteiger partial charge in [-0.2, -0.15) is 0 Å². The van der Waals surface area contributed by atoms with Crippen LogP contribution in [-0.4, -0.2) is 14.4 Å². The molecule has 0 radical (unpaired) electrons. The van der Waals surface area contributed by atoms with Gasteiger partial charge in [0, 0.05) is 0 Å². The van der Waals surface area contributed by atoms with Crippen LogP contribution in [0.5, 0.6) is 0 Å². The summed E-state index contributed by atoms with van der Waals surface area (Å²) in [5, 5.41) is 0.251. The van der Waals surface area contributed by atoms with Gasteiger partial charge in [-0.05, 0) is 36.9 Å². The Morgan fingerprint density at radius 3 is 2.12 bits per heavy atom. The van der Waals surface area contributed by atoms with Crippen LogP contribution in [-0.2, 0) is 4.43 Å². The molecule has 16 heavy (non-hydrogen) atoms. The van der Waals surface area contributed by atoms with Gasteiger partial charge < -0.3 is 4.43 Å². The van der Waals surface area contributed by atoms with Crippen molar-refractivity contribution in [1.29, 1.82) is 0 Å². The lowest BCUT2D eigenvalue weighted by Gasteiger charge is -2.39. The minimum atomic E-state index is -1.70. The first-order valence-corrected chi connectivity index (χ1v) is 9.33. The maximum absolute atomic E-state index is 6.34. The Bertz CT molecular complexity index is 263. The molecule has 1 aliphatic rings. The molecule has 0 aromatic heterocycles. The highest BCUT2D eigenvalue weighted by atomic mass is 28.4. The van der Waals surface area contributed by atoms with Gasteiger partial charge in [0.1, 0.15) is 6.10 Å². The lowest BCUT2D eigenvalue weighted by Crippen LogP contribution is -2.45. The molecule has 0 N–H and O–H groups in total. The van der Waals surface area contributed by atoms with Crippen LogP contribution in [0, 0.1) is 18.3 Å². The Kier molecular flexibility index (Phi) is 4.26. The lowest BCUT2D eigenvalue weighted by atomic mass is 10.0. The van der Waals surface area contributed by atoms with Crippen LogP contribution in [0.15, 0.2) is 0 Å². The summed E-state index contributed by atoms with van der Waals surface area (Å²) < 4.78 is 6.34. The second kappa shape index (κ2) is 4.94. The minimum Gasteiger partial charge on any atom is -0.403 e. The molecule has 92 valence electrons. The first kappa shape index (κ1) is 13.8. The van der Waals surface area contributed by atoms with E-state index in [0.29, 0.717) is 5.92 Å². The molecular formula is C14H26OSi. The van der Waals surface area contributed by atoms with E-state index < -0.39 is 8.32 Å². The Labute approximate surface area is 102 Å². The average Bonchev–Trinajstić information content (AvgIpc) is 2.65. The zero-order valence-corrected chi connectivity index (χ0v) is 12.5. The van der Waals surface area contributed by atoms with Gasteiger partial charge in [-0.1, -0.05) is 39.5 Å². The van der Waals surface area contributed by atoms with Gasteiger partial charge in [0.05, 0.1) is 0 Å². The van der Waals surface area contributed by atoms with Crippen LogP contribution in [0.4, 0.5) is 0 Å². The molecule has 1 saturated carbocycles. The maximum atomic E-state index is 6.34. The topological polar surface area (TPSA) is 9.23 Å². The van der Waals surface area contributed by atoms with Gasteiger partial charge in [0.25, 0.3) is 0 Å². The number of rotatable bonds is 3. The fourth-order valence-corrected chi connectivity index (χ4v) is 3.27. The van der Waals surface area contributed by atoms with Crippen LogP contribution in [0.25, 0.3) is 0 Å². The highest BCUT2D eigenvalue weighted by Crippen LogP contribution is 2.39. The fourth-order valence-electron chi connectivity index (χ4n) is 2.02. The molecule has 1 rings (SSSR count). The molecule has 1 aliphatic carbocycles. The highest BCUT2D eigenvalue weighted by molar-refractivity contribution is 6.74. The van der Waals surface area contributed by atoms with Crippen LogP contribution in [0.2, 0.25) is 18.1 Å². The van der Waals surface area contributed by atoms with Gasteiger partial charge >= 0.3 is 0 Å². The van der Waals surface area contributed by atoms with Crippen LogP contribution >= 0.6 is 0 Å². The van der Waals surface area contributed by atoms with Gasteiger partial charge in [-0.3, -0.25) is 0 Å². The van der Waals surface area contributed by atoms with Crippen molar-refractivity contribution < 1.29 is 4.43 Å². The molecule has 1 nitrogen and oxygen atoms in total. The predicted molar refractivity (Wildman–Crippen MR) is 72.9 cm³/mol. The smallest absolute Gasteiger partial charge is 0.193 e. The van der Waals surface area contributed by atoms with E-state index in [1.807, 2.05) is 0 Å². The van der Waals surface area contributed by atoms with Crippen LogP contribution < -0.4 is 0 Å². The molecule has 0 saturated heterocycles. The average molecular weight is 238 g/mol. The second-order valence-electron chi connectivity index (χ2n) is 6.51. The summed E-state index contributed by atoms with van der Waals surface area (Å²) in [5.74, 6) is 3.50. The maximum Gasteiger partial charge on any atom is 0.193 e. The monoisotopic (exact) mass is 238 g/mol. The fraction of sp³-hybridized carbons (Fsp3) is 0.857. The molecule has 2 heteroatoms. The van der Waals surface area contributed by atoms with Crippen LogP contribution in [0.3, 0.4) is 0 Å². The summed E-state index contributed by atoms with van der Waals surface area (Å²) >= 11 is 0. The molecule has 0 aliphatic heterocycles. The van der Waals surface area contributed by atoms with E-state index in [4.69, 9.17) is 10.8 Å². The molecule has 0 aromatic rings. The molecule has 1 fully saturated rings. The summed E-state index contributed by atoms with van der Waals surface area (Å²) in [7, 11) is -1.70. The van der Waals surface area contributed by atoms with Crippen molar-refractivity contribution in [3.8, 4) is 12.3 Å². The van der Waals surface area contributed by atoms with Crippen molar-refractivity contribution in [1.82, 2.24) is 0 Å². The molecule has 0 heterocycles. The summed E-state index contributed by atoms with van der Waals surface area (Å²) in [5.41, 5.74) is 0. The van der Waals surface area contributed by atoms with Gasteiger partial charge in [0.2, 0.25) is 0 Å². The third kappa shape index (κ3) is 3.12. The summed E-state index contributed by atoms with van der Waals surface area (Å²) in [6.07, 6.45) is 10.9. The zero-order valence-electron chi connectivity index (χ0n) is 11.5. The largest absolute Gasteiger partial charge is 0.403 e. The first-order valence-electron chi connectivity index (χ1n) is 6.42. The normalized spacial score (nSPS) is 20.8. The van der Waals surface area contributed by atoms with E-state index in [9.17, 15) is 0 Å². The Hall–Kier alpha value is -0.263. The number of hydrogen-bond acceptors (Lipinski definition) is 1. The second-order valence-corrected chi connectivity index (χ2v) is 11.3. The van der Waals surface area contributed by atoms with E-state index in [1.165, 1.54) is 25.7 Å². The SMILES string of the molecule is C#C[C@@H](O[Si](C)(C)C(C)(C)C)C1CCCC1. The molecule has 0 spiro atoms. The Morgan fingerprint density at radius 2 is 1.75 bits per heavy atom. The minimum absolute atomic E-state index is 0.0587. The molecule has 0 unspecified atom stereocenters. The van der Waals surface area contributed by atoms with E-state index in [1.54, 1.807) is 0 Å². The zero-order chi connectivity index (χ0) is 12.4. The van der Waals surface area contributed by atoms with Crippen molar-refractivity contribution in [2.75, 3.05) is 0 Å². The van der Waals surface area contributed by atoms with E-state index >= 15 is 0 Å². The van der Waals surface area contributed by atoms with Crippen molar-refractivity contribution >= 4 is 8.32 Å². The van der Waals surface area contributed by atoms with Crippen molar-refractivity contribution in [3.63, 3.8) is 0 Å². The van der Waals surface area contributed by atoms with Gasteiger partial charge in [-0.25, -0.2) is 0 Å². The van der Waals surface area contributed by atoms with Gasteiger partial charge in [0.15, 0.2) is 8.32 Å². The third-order valence-corrected chi connectivity index (χ3v) is 8.68. The van der Waals surface area contributed by atoms with E-state index in [-0.39, 0.29) is 11.1 Å². The molecule has 1 atom stereocenters. The quantitative estimate of drug-likeness (QED) is 0.529. The summed E-state index contributed by atoms with van der Waals surface area (Å²) in [6, 6.07) is 0. The predicted octanol–water partition coefficient (Wildman–Crippen LogP) is 4.20. The van der Waals surface area contributed by atoms with Crippen molar-refractivity contribution in [2.24, 2.45) is 5.92 Å². The molecule has 0 aromatic carbocycles. The summed E-state index contributed by atoms with van der Waals surface area (Å²) in [6.45, 7) is 11.4. The molecular weight excluding hydrogens is 212 g/mol. The van der Waals surface area contributed by atoms with E-state index in [2.05, 4.69) is 39.8 Å². The van der Waals surface area contributed by atoms with Crippen molar-refractivity contribution in [2.45, 2.75) is 70.7 Å². The Balaban J connectivity index is 2.66.